The predicted octanol–water partition coefficient (Wildman–Crippen LogP) is 14.3. The third-order valence-electron chi connectivity index (χ3n) is 15.6. The van der Waals surface area contributed by atoms with E-state index < -0.39 is 0 Å². The fraction of sp³-hybridized carbons (Fsp3) is 0.236. The highest BCUT2D eigenvalue weighted by Crippen LogP contribution is 2.67. The Balaban J connectivity index is 1.13. The van der Waals surface area contributed by atoms with Gasteiger partial charge in [0.15, 0.2) is 0 Å². The van der Waals surface area contributed by atoms with E-state index in [2.05, 4.69) is 181 Å². The fourth-order valence-corrected chi connectivity index (χ4v) is 13.4. The molecule has 1 spiro atoms. The first-order valence-corrected chi connectivity index (χ1v) is 21.4. The largest absolute Gasteiger partial charge is 0.310 e. The molecule has 3 bridgehead atoms. The van der Waals surface area contributed by atoms with Crippen LogP contribution >= 0.6 is 0 Å². The molecule has 0 amide bonds. The maximum absolute atomic E-state index is 2.68. The van der Waals surface area contributed by atoms with Crippen LogP contribution in [0.25, 0.3) is 49.7 Å². The van der Waals surface area contributed by atoms with Gasteiger partial charge in [-0.1, -0.05) is 129 Å². The van der Waals surface area contributed by atoms with Crippen molar-refractivity contribution in [3.05, 3.63) is 180 Å². The molecule has 2 heteroatoms. The van der Waals surface area contributed by atoms with Crippen molar-refractivity contribution in [3.63, 3.8) is 0 Å². The molecular formula is C55H46N2. The normalized spacial score (nSPS) is 24.2. The summed E-state index contributed by atoms with van der Waals surface area (Å²) in [6.45, 7) is 4.81. The van der Waals surface area contributed by atoms with E-state index in [4.69, 9.17) is 0 Å². The lowest BCUT2D eigenvalue weighted by Gasteiger charge is -2.53. The highest BCUT2D eigenvalue weighted by Gasteiger charge is 2.58. The molecule has 8 aromatic rings. The molecule has 0 radical (unpaired) electrons. The van der Waals surface area contributed by atoms with Crippen LogP contribution in [-0.4, -0.2) is 4.57 Å². The van der Waals surface area contributed by atoms with E-state index in [0.717, 1.165) is 17.8 Å². The molecule has 0 saturated heterocycles. The Morgan fingerprint density at radius 3 is 2.12 bits per heavy atom. The van der Waals surface area contributed by atoms with Crippen LogP contribution in [0.4, 0.5) is 17.1 Å². The molecule has 1 aromatic heterocycles. The third kappa shape index (κ3) is 4.21. The van der Waals surface area contributed by atoms with Crippen molar-refractivity contribution in [2.75, 3.05) is 4.90 Å². The Hall–Kier alpha value is -5.86. The van der Waals surface area contributed by atoms with Crippen LogP contribution in [0.15, 0.2) is 158 Å². The van der Waals surface area contributed by atoms with Gasteiger partial charge in [0.2, 0.25) is 0 Å². The SMILES string of the molecule is CC1(C)c2ccccc2-c2ccc(N(c3cc4c5c(c3)c3ccccc3n5-c3ccccc3C43CC4C[C@H]5C[C@@H]4C[C@H]3C5)c3ccccc3-c3ccccc3)cc21. The quantitative estimate of drug-likeness (QED) is 0.175. The van der Waals surface area contributed by atoms with Crippen LogP contribution in [0, 0.1) is 23.7 Å². The van der Waals surface area contributed by atoms with Gasteiger partial charge >= 0.3 is 0 Å². The number of hydrogen-bond donors (Lipinski definition) is 0. The first-order valence-electron chi connectivity index (χ1n) is 21.4. The van der Waals surface area contributed by atoms with Crippen molar-refractivity contribution in [3.8, 4) is 27.9 Å². The van der Waals surface area contributed by atoms with Crippen molar-refractivity contribution in [2.24, 2.45) is 23.7 Å². The van der Waals surface area contributed by atoms with E-state index in [1.807, 2.05) is 0 Å². The predicted molar refractivity (Wildman–Crippen MR) is 236 cm³/mol. The Morgan fingerprint density at radius 1 is 0.526 bits per heavy atom. The average molecular weight is 735 g/mol. The second-order valence-corrected chi connectivity index (χ2v) is 18.6. The first kappa shape index (κ1) is 32.2. The van der Waals surface area contributed by atoms with Gasteiger partial charge in [-0.15, -0.1) is 0 Å². The number of aromatic nitrogens is 1. The number of fused-ring (bicyclic) bond motifs is 13. The summed E-state index contributed by atoms with van der Waals surface area (Å²) in [5.41, 5.74) is 18.8. The molecule has 13 rings (SSSR count). The Bertz CT molecular complexity index is 2960. The monoisotopic (exact) mass is 734 g/mol. The van der Waals surface area contributed by atoms with Crippen molar-refractivity contribution in [1.82, 2.24) is 4.57 Å². The molecule has 3 saturated carbocycles. The minimum atomic E-state index is -0.107. The van der Waals surface area contributed by atoms with Gasteiger partial charge in [-0.2, -0.15) is 0 Å². The van der Waals surface area contributed by atoms with Crippen LogP contribution in [0.2, 0.25) is 0 Å². The summed E-state index contributed by atoms with van der Waals surface area (Å²) in [4.78, 5) is 2.62. The number of rotatable bonds is 4. The van der Waals surface area contributed by atoms with Gasteiger partial charge in [-0.25, -0.2) is 0 Å². The summed E-state index contributed by atoms with van der Waals surface area (Å²) >= 11 is 0. The van der Waals surface area contributed by atoms with Gasteiger partial charge in [-0.05, 0) is 137 Å². The topological polar surface area (TPSA) is 8.17 Å². The van der Waals surface area contributed by atoms with Crippen LogP contribution in [0.1, 0.15) is 68.2 Å². The molecule has 276 valence electrons. The van der Waals surface area contributed by atoms with Crippen molar-refractivity contribution >= 4 is 38.9 Å². The third-order valence-corrected chi connectivity index (χ3v) is 15.6. The number of nitrogens with zero attached hydrogens (tertiary/aromatic N) is 2. The summed E-state index contributed by atoms with van der Waals surface area (Å²) in [6.07, 6.45) is 6.86. The molecule has 1 aliphatic heterocycles. The van der Waals surface area contributed by atoms with E-state index in [1.54, 1.807) is 11.1 Å². The Kier molecular flexibility index (Phi) is 6.44. The van der Waals surface area contributed by atoms with Gasteiger partial charge in [0.25, 0.3) is 0 Å². The summed E-state index contributed by atoms with van der Waals surface area (Å²) in [5.74, 6) is 3.22. The van der Waals surface area contributed by atoms with Crippen LogP contribution < -0.4 is 4.90 Å². The summed E-state index contributed by atoms with van der Waals surface area (Å²) < 4.78 is 2.64. The minimum absolute atomic E-state index is 0.0161. The van der Waals surface area contributed by atoms with E-state index in [0.29, 0.717) is 5.92 Å². The Labute approximate surface area is 335 Å². The highest BCUT2D eigenvalue weighted by atomic mass is 15.1. The van der Waals surface area contributed by atoms with Gasteiger partial charge in [0.05, 0.1) is 22.4 Å². The minimum Gasteiger partial charge on any atom is -0.310 e. The van der Waals surface area contributed by atoms with Crippen LogP contribution in [-0.2, 0) is 10.8 Å². The van der Waals surface area contributed by atoms with E-state index in [9.17, 15) is 0 Å². The maximum atomic E-state index is 2.68. The number of anilines is 3. The molecule has 0 N–H and O–H groups in total. The molecule has 4 aliphatic carbocycles. The molecule has 2 heterocycles. The second kappa shape index (κ2) is 11.4. The lowest BCUT2D eigenvalue weighted by Crippen LogP contribution is -2.47. The van der Waals surface area contributed by atoms with Gasteiger partial charge in [0.1, 0.15) is 0 Å². The molecule has 2 unspecified atom stereocenters. The standard InChI is InChI=1S/C55H46N2/c1-54(2)46-19-9-6-17-42(46)43-25-24-39(31-48(43)54)56(50-21-11-7-16-41(50)35-14-4-3-5-15-35)40-30-45-44-18-8-12-22-51(44)57-52-23-13-10-20-47(52)55(49(32-40)53(45)57)33-37-27-34-26-36(37)29-38(55)28-34/h3-25,30-32,34,36-38H,26-29,33H2,1-2H3/t34-,36-,37?,38-,55?/m1/s1. The number of hydrogen-bond acceptors (Lipinski definition) is 1. The molecule has 7 aromatic carbocycles. The summed E-state index contributed by atoms with van der Waals surface area (Å²) in [6, 6.07) is 60.4. The fourth-order valence-electron chi connectivity index (χ4n) is 13.4. The molecule has 2 nitrogen and oxygen atoms in total. The lowest BCUT2D eigenvalue weighted by atomic mass is 9.52. The van der Waals surface area contributed by atoms with Crippen molar-refractivity contribution in [2.45, 2.75) is 56.8 Å². The lowest BCUT2D eigenvalue weighted by molar-refractivity contribution is 0.103. The zero-order valence-corrected chi connectivity index (χ0v) is 32.8. The average Bonchev–Trinajstić information content (AvgIpc) is 3.79. The summed E-state index contributed by atoms with van der Waals surface area (Å²) in [7, 11) is 0. The number of para-hydroxylation sites is 3. The molecular weight excluding hydrogens is 689 g/mol. The molecule has 3 fully saturated rings. The smallest absolute Gasteiger partial charge is 0.0583 e. The molecule has 5 atom stereocenters. The van der Waals surface area contributed by atoms with E-state index in [1.165, 1.54) is 110 Å². The zero-order chi connectivity index (χ0) is 37.6. The highest BCUT2D eigenvalue weighted by molar-refractivity contribution is 6.13. The van der Waals surface area contributed by atoms with Crippen LogP contribution in [0.5, 0.6) is 0 Å². The van der Waals surface area contributed by atoms with Crippen LogP contribution in [0.3, 0.4) is 0 Å². The molecule has 5 aliphatic rings. The summed E-state index contributed by atoms with van der Waals surface area (Å²) in [5, 5.41) is 2.71. The number of benzene rings is 7. The van der Waals surface area contributed by atoms with Gasteiger partial charge in [0, 0.05) is 38.5 Å². The molecule has 57 heavy (non-hydrogen) atoms. The second-order valence-electron chi connectivity index (χ2n) is 18.6. The van der Waals surface area contributed by atoms with E-state index in [-0.39, 0.29) is 10.8 Å². The maximum Gasteiger partial charge on any atom is 0.0583 e. The van der Waals surface area contributed by atoms with Crippen molar-refractivity contribution in [1.29, 1.82) is 0 Å². The van der Waals surface area contributed by atoms with Gasteiger partial charge < -0.3 is 9.47 Å². The van der Waals surface area contributed by atoms with E-state index >= 15 is 0 Å². The first-order chi connectivity index (χ1) is 28.0. The van der Waals surface area contributed by atoms with Gasteiger partial charge in [-0.3, -0.25) is 0 Å². The Morgan fingerprint density at radius 2 is 1.23 bits per heavy atom. The zero-order valence-electron chi connectivity index (χ0n) is 32.8. The van der Waals surface area contributed by atoms with Crippen molar-refractivity contribution < 1.29 is 0 Å².